The van der Waals surface area contributed by atoms with Crippen LogP contribution in [0.4, 0.5) is 11.4 Å². The molecule has 0 aromatic heterocycles. The van der Waals surface area contributed by atoms with E-state index in [9.17, 15) is 14.9 Å². The number of carbonyl (C=O) groups excluding carboxylic acids is 1. The number of nitrogens with one attached hydrogen (secondary N) is 3. The number of anilines is 1. The van der Waals surface area contributed by atoms with E-state index >= 15 is 0 Å². The highest BCUT2D eigenvalue weighted by Crippen LogP contribution is 2.19. The van der Waals surface area contributed by atoms with Crippen LogP contribution in [0.5, 0.6) is 0 Å². The fourth-order valence-corrected chi connectivity index (χ4v) is 2.40. The minimum Gasteiger partial charge on any atom is -0.331 e. The number of nitro groups is 1. The molecule has 2 aromatic rings. The average Bonchev–Trinajstić information content (AvgIpc) is 2.65. The highest BCUT2D eigenvalue weighted by Gasteiger charge is 2.09. The van der Waals surface area contributed by atoms with Gasteiger partial charge in [0.1, 0.15) is 0 Å². The quantitative estimate of drug-likeness (QED) is 0.314. The molecule has 0 bridgehead atoms. The molecule has 0 aliphatic carbocycles. The molecule has 0 aliphatic rings. The molecule has 2 aromatic carbocycles. The van der Waals surface area contributed by atoms with E-state index in [0.29, 0.717) is 11.5 Å². The summed E-state index contributed by atoms with van der Waals surface area (Å²) in [7, 11) is 0. The summed E-state index contributed by atoms with van der Waals surface area (Å²) in [5.74, 6) is -0.0527. The minimum absolute atomic E-state index is 0.0726. The lowest BCUT2D eigenvalue weighted by Crippen LogP contribution is -2.43. The van der Waals surface area contributed by atoms with Crippen molar-refractivity contribution in [2.24, 2.45) is 0 Å². The summed E-state index contributed by atoms with van der Waals surface area (Å²) < 4.78 is 0. The summed E-state index contributed by atoms with van der Waals surface area (Å²) >= 11 is 5.12. The lowest BCUT2D eigenvalue weighted by atomic mass is 10.0. The smallest absolute Gasteiger partial charge is 0.276 e. The number of hydrazine groups is 1. The van der Waals surface area contributed by atoms with Gasteiger partial charge in [-0.05, 0) is 48.0 Å². The summed E-state index contributed by atoms with van der Waals surface area (Å²) in [6, 6.07) is 14.0. The molecule has 27 heavy (non-hydrogen) atoms. The Labute approximate surface area is 162 Å². The summed E-state index contributed by atoms with van der Waals surface area (Å²) in [5, 5.41) is 14.1. The van der Waals surface area contributed by atoms with Gasteiger partial charge in [-0.2, -0.15) is 0 Å². The van der Waals surface area contributed by atoms with Crippen molar-refractivity contribution in [2.45, 2.75) is 19.8 Å². The number of hydrogen-bond acceptors (Lipinski definition) is 4. The van der Waals surface area contributed by atoms with Gasteiger partial charge < -0.3 is 5.32 Å². The average molecular weight is 384 g/mol. The molecular weight excluding hydrogens is 364 g/mol. The number of thiocarbonyl (C=S) groups is 1. The zero-order chi connectivity index (χ0) is 19.8. The van der Waals surface area contributed by atoms with Crippen LogP contribution in [0, 0.1) is 10.1 Å². The van der Waals surface area contributed by atoms with Crippen LogP contribution < -0.4 is 16.2 Å². The normalized spacial score (nSPS) is 10.6. The van der Waals surface area contributed by atoms with Gasteiger partial charge >= 0.3 is 0 Å². The number of rotatable bonds is 5. The molecular formula is C19H20N4O3S. The van der Waals surface area contributed by atoms with Crippen molar-refractivity contribution >= 4 is 40.7 Å². The monoisotopic (exact) mass is 384 g/mol. The van der Waals surface area contributed by atoms with Crippen molar-refractivity contribution in [2.75, 3.05) is 5.32 Å². The molecule has 0 radical (unpaired) electrons. The Morgan fingerprint density at radius 1 is 1.11 bits per heavy atom. The van der Waals surface area contributed by atoms with Gasteiger partial charge in [0.05, 0.1) is 10.5 Å². The highest BCUT2D eigenvalue weighted by atomic mass is 32.1. The molecule has 0 saturated carbocycles. The third kappa shape index (κ3) is 6.19. The fourth-order valence-electron chi connectivity index (χ4n) is 2.23. The summed E-state index contributed by atoms with van der Waals surface area (Å²) in [6.45, 7) is 4.23. The second kappa shape index (κ2) is 9.44. The topological polar surface area (TPSA) is 96.3 Å². The number of hydrogen-bond donors (Lipinski definition) is 3. The molecule has 0 unspecified atom stereocenters. The van der Waals surface area contributed by atoms with Crippen LogP contribution >= 0.6 is 12.2 Å². The summed E-state index contributed by atoms with van der Waals surface area (Å²) in [4.78, 5) is 22.3. The number of nitrogens with zero attached hydrogens (tertiary/aromatic N) is 1. The number of benzene rings is 2. The summed E-state index contributed by atoms with van der Waals surface area (Å²) in [5.41, 5.74) is 7.25. The van der Waals surface area contributed by atoms with Gasteiger partial charge in [-0.3, -0.25) is 25.8 Å². The zero-order valence-electron chi connectivity index (χ0n) is 14.9. The van der Waals surface area contributed by atoms with Gasteiger partial charge in [0.25, 0.3) is 11.6 Å². The van der Waals surface area contributed by atoms with Gasteiger partial charge in [0.15, 0.2) is 5.11 Å². The molecule has 0 atom stereocenters. The number of carbonyl (C=O) groups is 1. The van der Waals surface area contributed by atoms with E-state index in [4.69, 9.17) is 12.2 Å². The van der Waals surface area contributed by atoms with Crippen molar-refractivity contribution in [3.63, 3.8) is 0 Å². The maximum atomic E-state index is 11.9. The van der Waals surface area contributed by atoms with E-state index < -0.39 is 10.8 Å². The van der Waals surface area contributed by atoms with E-state index in [1.807, 2.05) is 24.3 Å². The predicted octanol–water partition coefficient (Wildman–Crippen LogP) is 3.75. The van der Waals surface area contributed by atoms with Crippen LogP contribution in [-0.2, 0) is 4.79 Å². The van der Waals surface area contributed by atoms with Crippen LogP contribution in [0.25, 0.3) is 6.08 Å². The molecule has 2 rings (SSSR count). The van der Waals surface area contributed by atoms with Crippen LogP contribution in [-0.4, -0.2) is 15.9 Å². The Morgan fingerprint density at radius 2 is 1.78 bits per heavy atom. The van der Waals surface area contributed by atoms with Crippen LogP contribution in [0.2, 0.25) is 0 Å². The van der Waals surface area contributed by atoms with Crippen LogP contribution in [0.1, 0.15) is 30.9 Å². The van der Waals surface area contributed by atoms with Gasteiger partial charge in [-0.25, -0.2) is 0 Å². The Hall–Kier alpha value is -3.26. The predicted molar refractivity (Wildman–Crippen MR) is 110 cm³/mol. The number of para-hydroxylation sites is 1. The lowest BCUT2D eigenvalue weighted by molar-refractivity contribution is -0.385. The molecule has 0 saturated heterocycles. The lowest BCUT2D eigenvalue weighted by Gasteiger charge is -2.11. The van der Waals surface area contributed by atoms with Crippen molar-refractivity contribution in [3.8, 4) is 0 Å². The zero-order valence-corrected chi connectivity index (χ0v) is 15.7. The Kier molecular flexibility index (Phi) is 7.01. The standard InChI is InChI=1S/C19H20N4O3S/c1-13(2)14-7-10-16(11-8-14)20-19(27)22-21-18(24)12-9-15-5-3-4-6-17(15)23(25)26/h3-13H,1-2H3,(H,21,24)(H2,20,22,27)/b12-9+. The largest absolute Gasteiger partial charge is 0.331 e. The maximum absolute atomic E-state index is 11.9. The second-order valence-electron chi connectivity index (χ2n) is 5.99. The van der Waals surface area contributed by atoms with E-state index in [1.165, 1.54) is 23.8 Å². The van der Waals surface area contributed by atoms with E-state index in [1.54, 1.807) is 18.2 Å². The van der Waals surface area contributed by atoms with Crippen molar-refractivity contribution < 1.29 is 9.72 Å². The first-order valence-corrected chi connectivity index (χ1v) is 8.66. The van der Waals surface area contributed by atoms with Crippen LogP contribution in [0.3, 0.4) is 0 Å². The molecule has 0 heterocycles. The van der Waals surface area contributed by atoms with Crippen LogP contribution in [0.15, 0.2) is 54.6 Å². The van der Waals surface area contributed by atoms with Crippen molar-refractivity contribution in [1.29, 1.82) is 0 Å². The van der Waals surface area contributed by atoms with E-state index in [2.05, 4.69) is 30.0 Å². The number of amides is 1. The first-order chi connectivity index (χ1) is 12.9. The van der Waals surface area contributed by atoms with Gasteiger partial charge in [-0.15, -0.1) is 0 Å². The first-order valence-electron chi connectivity index (χ1n) is 8.25. The third-order valence-electron chi connectivity index (χ3n) is 3.68. The molecule has 140 valence electrons. The molecule has 7 nitrogen and oxygen atoms in total. The molecule has 0 aliphatic heterocycles. The molecule has 0 spiro atoms. The fraction of sp³-hybridized carbons (Fsp3) is 0.158. The van der Waals surface area contributed by atoms with Crippen molar-refractivity contribution in [3.05, 3.63) is 75.8 Å². The second-order valence-corrected chi connectivity index (χ2v) is 6.40. The van der Waals surface area contributed by atoms with E-state index in [0.717, 1.165) is 5.69 Å². The van der Waals surface area contributed by atoms with Gasteiger partial charge in [-0.1, -0.05) is 38.1 Å². The SMILES string of the molecule is CC(C)c1ccc(NC(=S)NNC(=O)/C=C/c2ccccc2[N+](=O)[O-])cc1. The van der Waals surface area contributed by atoms with E-state index in [-0.39, 0.29) is 10.8 Å². The number of nitro benzene ring substituents is 1. The maximum Gasteiger partial charge on any atom is 0.276 e. The van der Waals surface area contributed by atoms with Gasteiger partial charge in [0.2, 0.25) is 0 Å². The Bertz CT molecular complexity index is 864. The third-order valence-corrected chi connectivity index (χ3v) is 3.89. The molecule has 8 heteroatoms. The Balaban J connectivity index is 1.86. The molecule has 3 N–H and O–H groups in total. The highest BCUT2D eigenvalue weighted by molar-refractivity contribution is 7.80. The minimum atomic E-state index is -0.501. The molecule has 1 amide bonds. The van der Waals surface area contributed by atoms with Crippen molar-refractivity contribution in [1.82, 2.24) is 10.9 Å². The molecule has 0 fully saturated rings. The Morgan fingerprint density at radius 3 is 2.41 bits per heavy atom. The summed E-state index contributed by atoms with van der Waals surface area (Å²) in [6.07, 6.45) is 2.56. The first kappa shape index (κ1) is 20.1. The van der Waals surface area contributed by atoms with Gasteiger partial charge in [0, 0.05) is 17.8 Å².